The third-order valence-corrected chi connectivity index (χ3v) is 7.57. The topological polar surface area (TPSA) is 9.72 Å². The summed E-state index contributed by atoms with van der Waals surface area (Å²) >= 11 is 0. The summed E-state index contributed by atoms with van der Waals surface area (Å²) in [7, 11) is 6.82. The molecular formula is C24H39N3. The molecule has 3 saturated heterocycles. The van der Waals surface area contributed by atoms with Crippen molar-refractivity contribution in [1.82, 2.24) is 14.7 Å². The van der Waals surface area contributed by atoms with Gasteiger partial charge in [0.15, 0.2) is 0 Å². The van der Waals surface area contributed by atoms with E-state index in [0.29, 0.717) is 0 Å². The van der Waals surface area contributed by atoms with Crippen LogP contribution in [0, 0.1) is 0 Å². The summed E-state index contributed by atoms with van der Waals surface area (Å²) in [6.45, 7) is 7.54. The molecule has 0 unspecified atom stereocenters. The largest absolute Gasteiger partial charge is 0.306 e. The van der Waals surface area contributed by atoms with Crippen molar-refractivity contribution in [2.75, 3.05) is 60.4 Å². The summed E-state index contributed by atoms with van der Waals surface area (Å²) < 4.78 is 0. The fourth-order valence-electron chi connectivity index (χ4n) is 5.44. The molecule has 0 aromatic heterocycles. The minimum Gasteiger partial charge on any atom is -0.306 e. The molecule has 3 aliphatic heterocycles. The maximum Gasteiger partial charge on any atom is -0.00159 e. The molecule has 3 heterocycles. The Balaban J connectivity index is 1.59. The van der Waals surface area contributed by atoms with Crippen LogP contribution in [0.4, 0.5) is 0 Å². The smallest absolute Gasteiger partial charge is 0.00159 e. The van der Waals surface area contributed by atoms with Gasteiger partial charge in [-0.3, -0.25) is 0 Å². The molecule has 1 aromatic carbocycles. The normalized spacial score (nSPS) is 25.9. The monoisotopic (exact) mass is 369 g/mol. The highest BCUT2D eigenvalue weighted by Crippen LogP contribution is 2.37. The zero-order chi connectivity index (χ0) is 18.8. The molecule has 27 heavy (non-hydrogen) atoms. The van der Waals surface area contributed by atoms with Crippen LogP contribution < -0.4 is 0 Å². The number of benzene rings is 1. The molecule has 0 atom stereocenters. The standard InChI is InChI=1S/C24H39N3/c1-25-10-4-19(5-11-25)22-16-23(20-6-12-26(2)13-7-20)18-24(17-22)21-8-14-27(3)15-9-21/h16-21H,4-15H2,1-3H3. The first-order valence-electron chi connectivity index (χ1n) is 11.3. The van der Waals surface area contributed by atoms with Crippen molar-refractivity contribution in [2.45, 2.75) is 56.3 Å². The minimum atomic E-state index is 0.775. The quantitative estimate of drug-likeness (QED) is 0.794. The minimum absolute atomic E-state index is 0.775. The van der Waals surface area contributed by atoms with E-state index in [9.17, 15) is 0 Å². The van der Waals surface area contributed by atoms with Crippen LogP contribution in [0.3, 0.4) is 0 Å². The molecule has 3 aliphatic rings. The Morgan fingerprint density at radius 1 is 0.481 bits per heavy atom. The Bertz CT molecular complexity index is 506. The first-order chi connectivity index (χ1) is 13.1. The Labute approximate surface area is 166 Å². The highest BCUT2D eigenvalue weighted by atomic mass is 15.1. The van der Waals surface area contributed by atoms with Gasteiger partial charge >= 0.3 is 0 Å². The van der Waals surface area contributed by atoms with Gasteiger partial charge < -0.3 is 14.7 Å². The van der Waals surface area contributed by atoms with Crippen LogP contribution in [0.1, 0.15) is 73.0 Å². The number of piperidine rings is 3. The summed E-state index contributed by atoms with van der Waals surface area (Å²) in [5.41, 5.74) is 4.98. The Kier molecular flexibility index (Phi) is 6.21. The number of hydrogen-bond donors (Lipinski definition) is 0. The summed E-state index contributed by atoms with van der Waals surface area (Å²) in [4.78, 5) is 7.49. The van der Waals surface area contributed by atoms with Gasteiger partial charge in [0.25, 0.3) is 0 Å². The zero-order valence-electron chi connectivity index (χ0n) is 17.8. The third kappa shape index (κ3) is 4.75. The predicted molar refractivity (Wildman–Crippen MR) is 115 cm³/mol. The van der Waals surface area contributed by atoms with Gasteiger partial charge in [0.1, 0.15) is 0 Å². The van der Waals surface area contributed by atoms with Crippen LogP contribution in [-0.4, -0.2) is 75.1 Å². The van der Waals surface area contributed by atoms with Gasteiger partial charge in [-0.1, -0.05) is 18.2 Å². The van der Waals surface area contributed by atoms with E-state index in [4.69, 9.17) is 0 Å². The second-order valence-corrected chi connectivity index (χ2v) is 9.67. The summed E-state index contributed by atoms with van der Waals surface area (Å²) in [6.07, 6.45) is 8.00. The Hall–Kier alpha value is -0.900. The fraction of sp³-hybridized carbons (Fsp3) is 0.750. The van der Waals surface area contributed by atoms with Gasteiger partial charge in [0.2, 0.25) is 0 Å². The van der Waals surface area contributed by atoms with Gasteiger partial charge in [-0.2, -0.15) is 0 Å². The van der Waals surface area contributed by atoms with Crippen molar-refractivity contribution >= 4 is 0 Å². The van der Waals surface area contributed by atoms with E-state index < -0.39 is 0 Å². The molecule has 1 aromatic rings. The second-order valence-electron chi connectivity index (χ2n) is 9.67. The molecule has 0 aliphatic carbocycles. The third-order valence-electron chi connectivity index (χ3n) is 7.57. The SMILES string of the molecule is CN1CCC(c2cc(C3CCN(C)CC3)cc(C3CCN(C)CC3)c2)CC1. The molecule has 4 rings (SSSR count). The molecule has 0 N–H and O–H groups in total. The van der Waals surface area contributed by atoms with E-state index in [-0.39, 0.29) is 0 Å². The molecule has 3 fully saturated rings. The van der Waals surface area contributed by atoms with E-state index in [1.54, 1.807) is 16.7 Å². The van der Waals surface area contributed by atoms with E-state index in [1.807, 2.05) is 0 Å². The maximum absolute atomic E-state index is 2.62. The number of hydrogen-bond acceptors (Lipinski definition) is 3. The highest BCUT2D eigenvalue weighted by Gasteiger charge is 2.25. The lowest BCUT2D eigenvalue weighted by Crippen LogP contribution is -2.31. The van der Waals surface area contributed by atoms with Crippen LogP contribution in [-0.2, 0) is 0 Å². The van der Waals surface area contributed by atoms with Gasteiger partial charge in [-0.15, -0.1) is 0 Å². The maximum atomic E-state index is 2.62. The first-order valence-corrected chi connectivity index (χ1v) is 11.3. The van der Waals surface area contributed by atoms with E-state index in [2.05, 4.69) is 54.0 Å². The lowest BCUT2D eigenvalue weighted by atomic mass is 9.80. The summed E-state index contributed by atoms with van der Waals surface area (Å²) in [5, 5.41) is 0. The molecule has 3 heteroatoms. The summed E-state index contributed by atoms with van der Waals surface area (Å²) in [6, 6.07) is 7.85. The van der Waals surface area contributed by atoms with Crippen LogP contribution in [0.25, 0.3) is 0 Å². The van der Waals surface area contributed by atoms with Crippen LogP contribution in [0.2, 0.25) is 0 Å². The lowest BCUT2D eigenvalue weighted by molar-refractivity contribution is 0.250. The van der Waals surface area contributed by atoms with Crippen molar-refractivity contribution in [2.24, 2.45) is 0 Å². The van der Waals surface area contributed by atoms with Crippen molar-refractivity contribution < 1.29 is 0 Å². The Morgan fingerprint density at radius 2 is 0.704 bits per heavy atom. The van der Waals surface area contributed by atoms with E-state index >= 15 is 0 Å². The van der Waals surface area contributed by atoms with Gasteiger partial charge in [0, 0.05) is 0 Å². The van der Waals surface area contributed by atoms with Gasteiger partial charge in [-0.05, 0) is 133 Å². The molecular weight excluding hydrogens is 330 g/mol. The fourth-order valence-corrected chi connectivity index (χ4v) is 5.44. The molecule has 0 saturated carbocycles. The van der Waals surface area contributed by atoms with Crippen LogP contribution >= 0.6 is 0 Å². The molecule has 0 bridgehead atoms. The molecule has 0 radical (unpaired) electrons. The average molecular weight is 370 g/mol. The van der Waals surface area contributed by atoms with E-state index in [1.165, 1.54) is 77.8 Å². The average Bonchev–Trinajstić information content (AvgIpc) is 2.69. The Morgan fingerprint density at radius 3 is 0.926 bits per heavy atom. The molecule has 150 valence electrons. The van der Waals surface area contributed by atoms with Crippen LogP contribution in [0.5, 0.6) is 0 Å². The molecule has 3 nitrogen and oxygen atoms in total. The second kappa shape index (κ2) is 8.63. The molecule has 0 spiro atoms. The van der Waals surface area contributed by atoms with Crippen LogP contribution in [0.15, 0.2) is 18.2 Å². The zero-order valence-corrected chi connectivity index (χ0v) is 17.8. The number of nitrogens with zero attached hydrogens (tertiary/aromatic N) is 3. The van der Waals surface area contributed by atoms with Gasteiger partial charge in [0.05, 0.1) is 0 Å². The highest BCUT2D eigenvalue weighted by molar-refractivity contribution is 5.37. The van der Waals surface area contributed by atoms with Crippen molar-refractivity contribution in [3.8, 4) is 0 Å². The van der Waals surface area contributed by atoms with Gasteiger partial charge in [-0.25, -0.2) is 0 Å². The summed E-state index contributed by atoms with van der Waals surface area (Å²) in [5.74, 6) is 2.33. The van der Waals surface area contributed by atoms with E-state index in [0.717, 1.165) is 17.8 Å². The van der Waals surface area contributed by atoms with Crippen molar-refractivity contribution in [3.63, 3.8) is 0 Å². The lowest BCUT2D eigenvalue weighted by Gasteiger charge is -2.34. The first kappa shape index (κ1) is 19.4. The predicted octanol–water partition coefficient (Wildman–Crippen LogP) is 4.11. The van der Waals surface area contributed by atoms with Crippen molar-refractivity contribution in [1.29, 1.82) is 0 Å². The number of likely N-dealkylation sites (tertiary alicyclic amines) is 3. The number of rotatable bonds is 3. The molecule has 0 amide bonds. The van der Waals surface area contributed by atoms with Crippen molar-refractivity contribution in [3.05, 3.63) is 34.9 Å².